The minimum atomic E-state index is -1.79. The number of carbonyl (C=O) groups is 2. The van der Waals surface area contributed by atoms with Crippen LogP contribution in [0.2, 0.25) is 0 Å². The van der Waals surface area contributed by atoms with E-state index in [1.54, 1.807) is 0 Å². The SMILES string of the molecule is O=[13C](O)C[C@H](O)[13C](=O)O. The van der Waals surface area contributed by atoms with Crippen molar-refractivity contribution in [1.82, 2.24) is 0 Å². The number of aliphatic hydroxyl groups excluding tert-OH is 1. The molecule has 0 aromatic rings. The third kappa shape index (κ3) is 3.48. The van der Waals surface area contributed by atoms with E-state index in [0.717, 1.165) is 0 Å². The summed E-state index contributed by atoms with van der Waals surface area (Å²) in [5.74, 6) is -2.85. The van der Waals surface area contributed by atoms with E-state index < -0.39 is 24.5 Å². The molecular weight excluding hydrogens is 130 g/mol. The second-order valence-corrected chi connectivity index (χ2v) is 1.45. The molecule has 0 rings (SSSR count). The summed E-state index contributed by atoms with van der Waals surface area (Å²) in [5, 5.41) is 24.1. The standard InChI is InChI=1S/C4H6O5/c5-2(4(8)9)1-3(6)7/h2,5H,1H2,(H,6,7)(H,8,9)/t2-/m0/s1/i3+1,4+1. The monoisotopic (exact) mass is 136 g/mol. The Hall–Kier alpha value is -1.10. The highest BCUT2D eigenvalue weighted by molar-refractivity contribution is 5.79. The molecule has 0 aliphatic rings. The largest absolute Gasteiger partial charge is 0.481 e. The van der Waals surface area contributed by atoms with Crippen LogP contribution in [0.3, 0.4) is 0 Å². The highest BCUT2D eigenvalue weighted by atomic mass is 16.5. The summed E-state index contributed by atoms with van der Waals surface area (Å²) in [4.78, 5) is 19.4. The maximum atomic E-state index is 9.72. The molecule has 0 bridgehead atoms. The van der Waals surface area contributed by atoms with Crippen molar-refractivity contribution in [3.8, 4) is 0 Å². The Bertz CT molecular complexity index is 129. The van der Waals surface area contributed by atoms with Gasteiger partial charge in [-0.25, -0.2) is 4.79 Å². The van der Waals surface area contributed by atoms with E-state index in [9.17, 15) is 9.59 Å². The fraction of sp³-hybridized carbons (Fsp3) is 0.500. The predicted octanol–water partition coefficient (Wildman–Crippen LogP) is -1.09. The number of carboxylic acid groups (broad SMARTS) is 2. The van der Waals surface area contributed by atoms with Crippen molar-refractivity contribution in [3.05, 3.63) is 0 Å². The minimum absolute atomic E-state index is 0.755. The Kier molecular flexibility index (Phi) is 2.66. The van der Waals surface area contributed by atoms with E-state index in [-0.39, 0.29) is 0 Å². The fourth-order valence-corrected chi connectivity index (χ4v) is 0.253. The molecular formula is C4H6O5. The van der Waals surface area contributed by atoms with E-state index in [4.69, 9.17) is 15.3 Å². The first-order valence-corrected chi connectivity index (χ1v) is 2.16. The number of hydrogen-bond acceptors (Lipinski definition) is 3. The lowest BCUT2D eigenvalue weighted by atomic mass is 10.5. The van der Waals surface area contributed by atoms with Crippen LogP contribution in [0.15, 0.2) is 0 Å². The second kappa shape index (κ2) is 3.03. The number of aliphatic carboxylic acids is 2. The first-order chi connectivity index (χ1) is 4.04. The smallest absolute Gasteiger partial charge is 0.333 e. The van der Waals surface area contributed by atoms with Gasteiger partial charge >= 0.3 is 11.9 Å². The van der Waals surface area contributed by atoms with Crippen LogP contribution < -0.4 is 0 Å². The lowest BCUT2D eigenvalue weighted by molar-refractivity contribution is -0.152. The molecule has 0 saturated carbocycles. The van der Waals surface area contributed by atoms with Crippen LogP contribution in [0.25, 0.3) is 0 Å². The molecule has 0 spiro atoms. The zero-order valence-corrected chi connectivity index (χ0v) is 4.44. The van der Waals surface area contributed by atoms with Crippen molar-refractivity contribution in [2.24, 2.45) is 0 Å². The van der Waals surface area contributed by atoms with E-state index in [1.807, 2.05) is 0 Å². The molecule has 3 N–H and O–H groups in total. The molecule has 0 aliphatic heterocycles. The third-order valence-electron chi connectivity index (χ3n) is 0.653. The number of aliphatic hydroxyl groups is 1. The normalized spacial score (nSPS) is 12.6. The zero-order chi connectivity index (χ0) is 7.44. The van der Waals surface area contributed by atoms with Gasteiger partial charge in [0.1, 0.15) is 0 Å². The zero-order valence-electron chi connectivity index (χ0n) is 4.44. The van der Waals surface area contributed by atoms with Gasteiger partial charge in [-0.2, -0.15) is 0 Å². The van der Waals surface area contributed by atoms with Gasteiger partial charge in [0.05, 0.1) is 6.42 Å². The van der Waals surface area contributed by atoms with Gasteiger partial charge in [0.2, 0.25) is 0 Å². The van der Waals surface area contributed by atoms with E-state index in [0.29, 0.717) is 0 Å². The molecule has 0 aliphatic carbocycles. The van der Waals surface area contributed by atoms with Gasteiger partial charge in [0.15, 0.2) is 6.10 Å². The Morgan fingerprint density at radius 1 is 1.33 bits per heavy atom. The molecule has 0 saturated heterocycles. The summed E-state index contributed by atoms with van der Waals surface area (Å²) in [6.07, 6.45) is -2.54. The summed E-state index contributed by atoms with van der Waals surface area (Å²) in [5.41, 5.74) is 0. The maximum Gasteiger partial charge on any atom is 0.333 e. The van der Waals surface area contributed by atoms with Crippen molar-refractivity contribution >= 4 is 11.9 Å². The third-order valence-corrected chi connectivity index (χ3v) is 0.653. The summed E-state index contributed by atoms with van der Waals surface area (Å²) in [6, 6.07) is 0. The lowest BCUT2D eigenvalue weighted by Gasteiger charge is -1.97. The van der Waals surface area contributed by atoms with Crippen LogP contribution in [-0.2, 0) is 9.59 Å². The van der Waals surface area contributed by atoms with Gasteiger partial charge in [0.25, 0.3) is 0 Å². The van der Waals surface area contributed by atoms with Crippen LogP contribution in [0.1, 0.15) is 6.42 Å². The molecule has 0 aromatic heterocycles. The molecule has 0 amide bonds. The Morgan fingerprint density at radius 3 is 1.89 bits per heavy atom. The molecule has 9 heavy (non-hydrogen) atoms. The van der Waals surface area contributed by atoms with Crippen LogP contribution in [0.5, 0.6) is 0 Å². The lowest BCUT2D eigenvalue weighted by Crippen LogP contribution is -2.22. The molecule has 0 heterocycles. The Morgan fingerprint density at radius 2 is 1.78 bits per heavy atom. The van der Waals surface area contributed by atoms with Crippen LogP contribution in [0.4, 0.5) is 0 Å². The van der Waals surface area contributed by atoms with E-state index in [2.05, 4.69) is 0 Å². The van der Waals surface area contributed by atoms with Crippen LogP contribution >= 0.6 is 0 Å². The molecule has 1 atom stereocenters. The maximum absolute atomic E-state index is 9.72. The molecule has 5 nitrogen and oxygen atoms in total. The molecule has 52 valence electrons. The molecule has 5 heteroatoms. The second-order valence-electron chi connectivity index (χ2n) is 1.45. The van der Waals surface area contributed by atoms with Crippen molar-refractivity contribution in [3.63, 3.8) is 0 Å². The van der Waals surface area contributed by atoms with Crippen molar-refractivity contribution in [2.45, 2.75) is 12.5 Å². The fourth-order valence-electron chi connectivity index (χ4n) is 0.253. The summed E-state index contributed by atoms with van der Waals surface area (Å²) < 4.78 is 0. The quantitative estimate of drug-likeness (QED) is 0.428. The van der Waals surface area contributed by atoms with Crippen molar-refractivity contribution in [2.75, 3.05) is 0 Å². The highest BCUT2D eigenvalue weighted by Crippen LogP contribution is 1.89. The van der Waals surface area contributed by atoms with Gasteiger partial charge in [-0.15, -0.1) is 0 Å². The van der Waals surface area contributed by atoms with E-state index >= 15 is 0 Å². The van der Waals surface area contributed by atoms with Gasteiger partial charge in [0, 0.05) is 0 Å². The molecule has 0 aromatic carbocycles. The highest BCUT2D eigenvalue weighted by Gasteiger charge is 2.16. The average molecular weight is 136 g/mol. The average Bonchev–Trinajstić information content (AvgIpc) is 1.63. The first kappa shape index (κ1) is 7.90. The summed E-state index contributed by atoms with van der Waals surface area (Å²) >= 11 is 0. The number of hydrogen-bond donors (Lipinski definition) is 3. The Labute approximate surface area is 50.5 Å². The van der Waals surface area contributed by atoms with Gasteiger partial charge in [-0.3, -0.25) is 4.79 Å². The molecule has 0 fully saturated rings. The minimum Gasteiger partial charge on any atom is -0.481 e. The van der Waals surface area contributed by atoms with Gasteiger partial charge < -0.3 is 15.3 Å². The summed E-state index contributed by atoms with van der Waals surface area (Å²) in [7, 11) is 0. The number of rotatable bonds is 3. The number of carboxylic acids is 2. The van der Waals surface area contributed by atoms with Crippen molar-refractivity contribution in [1.29, 1.82) is 0 Å². The van der Waals surface area contributed by atoms with Gasteiger partial charge in [-0.05, 0) is 0 Å². The van der Waals surface area contributed by atoms with E-state index in [1.165, 1.54) is 0 Å². The Balaban J connectivity index is 3.63. The van der Waals surface area contributed by atoms with Crippen LogP contribution in [-0.4, -0.2) is 33.4 Å². The predicted molar refractivity (Wildman–Crippen MR) is 25.9 cm³/mol. The summed E-state index contributed by atoms with van der Waals surface area (Å²) in [6.45, 7) is 0. The van der Waals surface area contributed by atoms with Crippen LogP contribution in [0, 0.1) is 0 Å². The molecule has 0 radical (unpaired) electrons. The van der Waals surface area contributed by atoms with Crippen molar-refractivity contribution < 1.29 is 24.9 Å². The van der Waals surface area contributed by atoms with Gasteiger partial charge in [-0.1, -0.05) is 0 Å². The molecule has 0 unspecified atom stereocenters. The topological polar surface area (TPSA) is 94.8 Å². The first-order valence-electron chi connectivity index (χ1n) is 2.16.